The first-order valence-electron chi connectivity index (χ1n) is 7.22. The Kier molecular flexibility index (Phi) is 4.66. The first kappa shape index (κ1) is 15.9. The molecule has 24 heavy (non-hydrogen) atoms. The van der Waals surface area contributed by atoms with Gasteiger partial charge in [0.25, 0.3) is 0 Å². The standard InChI is InChI=1S/C16H16FN5O2/c1-23-4-5-24-11-6-12(17)15-13(7-11)20-9-21-16(15)22-14-3-2-10(18)8-19-14/h2-3,6-9H,4-5,18H2,1H3,(H,19,20,21,22). The Labute approximate surface area is 137 Å². The van der Waals surface area contributed by atoms with Crippen molar-refractivity contribution in [1.29, 1.82) is 0 Å². The van der Waals surface area contributed by atoms with Gasteiger partial charge in [-0.15, -0.1) is 0 Å². The number of nitrogens with two attached hydrogens (primary N) is 1. The number of aromatic nitrogens is 3. The van der Waals surface area contributed by atoms with E-state index < -0.39 is 5.82 Å². The van der Waals surface area contributed by atoms with Gasteiger partial charge in [0.05, 0.1) is 29.4 Å². The molecule has 0 bridgehead atoms. The first-order chi connectivity index (χ1) is 11.7. The monoisotopic (exact) mass is 329 g/mol. The summed E-state index contributed by atoms with van der Waals surface area (Å²) in [6.07, 6.45) is 2.85. The molecule has 3 aromatic rings. The van der Waals surface area contributed by atoms with Crippen LogP contribution in [0.15, 0.2) is 36.8 Å². The van der Waals surface area contributed by atoms with Crippen LogP contribution < -0.4 is 15.8 Å². The average molecular weight is 329 g/mol. The summed E-state index contributed by atoms with van der Waals surface area (Å²) in [6, 6.07) is 6.32. The van der Waals surface area contributed by atoms with Crippen molar-refractivity contribution < 1.29 is 13.9 Å². The number of benzene rings is 1. The van der Waals surface area contributed by atoms with Crippen LogP contribution in [0.25, 0.3) is 10.9 Å². The maximum Gasteiger partial charge on any atom is 0.145 e. The molecule has 0 radical (unpaired) electrons. The fourth-order valence-electron chi connectivity index (χ4n) is 2.14. The topological polar surface area (TPSA) is 95.2 Å². The van der Waals surface area contributed by atoms with Gasteiger partial charge in [0.1, 0.15) is 36.1 Å². The molecule has 0 unspecified atom stereocenters. The zero-order valence-corrected chi connectivity index (χ0v) is 13.0. The minimum atomic E-state index is -0.488. The van der Waals surface area contributed by atoms with Crippen molar-refractivity contribution in [2.75, 3.05) is 31.4 Å². The van der Waals surface area contributed by atoms with Crippen LogP contribution >= 0.6 is 0 Å². The van der Waals surface area contributed by atoms with Crippen LogP contribution in [0, 0.1) is 5.82 Å². The molecule has 124 valence electrons. The van der Waals surface area contributed by atoms with Gasteiger partial charge in [0, 0.05) is 19.2 Å². The molecule has 8 heteroatoms. The number of halogens is 1. The number of ether oxygens (including phenoxy) is 2. The Bertz CT molecular complexity index is 842. The number of nitrogen functional groups attached to an aromatic ring is 1. The lowest BCUT2D eigenvalue weighted by Gasteiger charge is -2.11. The molecule has 2 heterocycles. The quantitative estimate of drug-likeness (QED) is 0.671. The van der Waals surface area contributed by atoms with Gasteiger partial charge in [-0.3, -0.25) is 0 Å². The minimum absolute atomic E-state index is 0.259. The van der Waals surface area contributed by atoms with Crippen LogP contribution in [0.2, 0.25) is 0 Å². The summed E-state index contributed by atoms with van der Waals surface area (Å²) in [6.45, 7) is 0.742. The largest absolute Gasteiger partial charge is 0.491 e. The zero-order valence-electron chi connectivity index (χ0n) is 13.0. The number of hydrogen-bond donors (Lipinski definition) is 2. The molecule has 0 aliphatic heterocycles. The van der Waals surface area contributed by atoms with Crippen molar-refractivity contribution in [3.8, 4) is 5.75 Å². The number of fused-ring (bicyclic) bond motifs is 1. The number of nitrogens with one attached hydrogen (secondary N) is 1. The van der Waals surface area contributed by atoms with Gasteiger partial charge in [0.2, 0.25) is 0 Å². The third-order valence-electron chi connectivity index (χ3n) is 3.25. The van der Waals surface area contributed by atoms with Crippen LogP contribution in [0.3, 0.4) is 0 Å². The van der Waals surface area contributed by atoms with Crippen molar-refractivity contribution in [2.24, 2.45) is 0 Å². The van der Waals surface area contributed by atoms with Crippen LogP contribution in [0.5, 0.6) is 5.75 Å². The van der Waals surface area contributed by atoms with Gasteiger partial charge in [-0.1, -0.05) is 0 Å². The van der Waals surface area contributed by atoms with Gasteiger partial charge in [-0.25, -0.2) is 19.3 Å². The van der Waals surface area contributed by atoms with E-state index in [1.807, 2.05) is 0 Å². The molecular formula is C16H16FN5O2. The van der Waals surface area contributed by atoms with Gasteiger partial charge in [-0.05, 0) is 12.1 Å². The van der Waals surface area contributed by atoms with Crippen molar-refractivity contribution in [2.45, 2.75) is 0 Å². The van der Waals surface area contributed by atoms with Crippen molar-refractivity contribution in [3.63, 3.8) is 0 Å². The van der Waals surface area contributed by atoms with E-state index in [1.165, 1.54) is 18.6 Å². The van der Waals surface area contributed by atoms with E-state index >= 15 is 0 Å². The molecule has 0 spiro atoms. The third kappa shape index (κ3) is 3.49. The lowest BCUT2D eigenvalue weighted by Crippen LogP contribution is -2.05. The number of methoxy groups -OCH3 is 1. The minimum Gasteiger partial charge on any atom is -0.491 e. The van der Waals surface area contributed by atoms with Gasteiger partial charge in [0.15, 0.2) is 0 Å². The molecule has 0 aliphatic carbocycles. The predicted octanol–water partition coefficient (Wildman–Crippen LogP) is 2.51. The average Bonchev–Trinajstić information content (AvgIpc) is 2.57. The normalized spacial score (nSPS) is 10.8. The van der Waals surface area contributed by atoms with E-state index in [0.29, 0.717) is 41.8 Å². The summed E-state index contributed by atoms with van der Waals surface area (Å²) < 4.78 is 24.9. The van der Waals surface area contributed by atoms with Crippen LogP contribution in [0.4, 0.5) is 21.7 Å². The highest BCUT2D eigenvalue weighted by Gasteiger charge is 2.12. The number of nitrogens with zero attached hydrogens (tertiary/aromatic N) is 3. The number of anilines is 3. The summed E-state index contributed by atoms with van der Waals surface area (Å²) in [4.78, 5) is 12.3. The SMILES string of the molecule is COCCOc1cc(F)c2c(Nc3ccc(N)cn3)ncnc2c1. The van der Waals surface area contributed by atoms with Gasteiger partial charge < -0.3 is 20.5 Å². The highest BCUT2D eigenvalue weighted by atomic mass is 19.1. The van der Waals surface area contributed by atoms with Gasteiger partial charge >= 0.3 is 0 Å². The molecular weight excluding hydrogens is 313 g/mol. The molecule has 1 aromatic carbocycles. The second-order valence-corrected chi connectivity index (χ2v) is 4.96. The summed E-state index contributed by atoms with van der Waals surface area (Å²) in [5.41, 5.74) is 6.57. The number of pyridine rings is 1. The Morgan fingerprint density at radius 1 is 1.17 bits per heavy atom. The van der Waals surface area contributed by atoms with E-state index in [1.54, 1.807) is 25.3 Å². The highest BCUT2D eigenvalue weighted by molar-refractivity contribution is 5.91. The first-order valence-corrected chi connectivity index (χ1v) is 7.22. The van der Waals surface area contributed by atoms with Crippen molar-refractivity contribution in [1.82, 2.24) is 15.0 Å². The number of rotatable bonds is 6. The van der Waals surface area contributed by atoms with E-state index in [2.05, 4.69) is 20.3 Å². The van der Waals surface area contributed by atoms with Gasteiger partial charge in [-0.2, -0.15) is 0 Å². The molecule has 0 amide bonds. The maximum atomic E-state index is 14.5. The Morgan fingerprint density at radius 3 is 2.79 bits per heavy atom. The summed E-state index contributed by atoms with van der Waals surface area (Å²) in [5.74, 6) is 0.716. The lowest BCUT2D eigenvalue weighted by molar-refractivity contribution is 0.146. The van der Waals surface area contributed by atoms with E-state index in [0.717, 1.165) is 0 Å². The Balaban J connectivity index is 1.93. The molecule has 0 saturated heterocycles. The van der Waals surface area contributed by atoms with Crippen LogP contribution in [-0.2, 0) is 4.74 Å². The highest BCUT2D eigenvalue weighted by Crippen LogP contribution is 2.28. The fourth-order valence-corrected chi connectivity index (χ4v) is 2.14. The molecule has 7 nitrogen and oxygen atoms in total. The van der Waals surface area contributed by atoms with E-state index in [4.69, 9.17) is 15.2 Å². The molecule has 0 fully saturated rings. The zero-order chi connectivity index (χ0) is 16.9. The van der Waals surface area contributed by atoms with E-state index in [9.17, 15) is 4.39 Å². The second kappa shape index (κ2) is 7.05. The lowest BCUT2D eigenvalue weighted by atomic mass is 10.2. The second-order valence-electron chi connectivity index (χ2n) is 4.96. The summed E-state index contributed by atoms with van der Waals surface area (Å²) in [7, 11) is 1.57. The smallest absolute Gasteiger partial charge is 0.145 e. The summed E-state index contributed by atoms with van der Waals surface area (Å²) in [5, 5.41) is 3.23. The number of hydrogen-bond acceptors (Lipinski definition) is 7. The van der Waals surface area contributed by atoms with Crippen LogP contribution in [-0.4, -0.2) is 35.3 Å². The molecule has 0 aliphatic rings. The van der Waals surface area contributed by atoms with Crippen molar-refractivity contribution >= 4 is 28.2 Å². The van der Waals surface area contributed by atoms with Crippen molar-refractivity contribution in [3.05, 3.63) is 42.6 Å². The molecule has 3 rings (SSSR count). The Morgan fingerprint density at radius 2 is 2.04 bits per heavy atom. The summed E-state index contributed by atoms with van der Waals surface area (Å²) >= 11 is 0. The third-order valence-corrected chi connectivity index (χ3v) is 3.25. The predicted molar refractivity (Wildman–Crippen MR) is 88.8 cm³/mol. The maximum absolute atomic E-state index is 14.5. The molecule has 2 aromatic heterocycles. The fraction of sp³-hybridized carbons (Fsp3) is 0.188. The molecule has 0 atom stereocenters. The molecule has 0 saturated carbocycles. The Hall–Kier alpha value is -3.00. The van der Waals surface area contributed by atoms with E-state index in [-0.39, 0.29) is 5.39 Å². The van der Waals surface area contributed by atoms with Crippen LogP contribution in [0.1, 0.15) is 0 Å². The molecule has 3 N–H and O–H groups in total.